The first kappa shape index (κ1) is 10.9. The van der Waals surface area contributed by atoms with E-state index in [9.17, 15) is 0 Å². The van der Waals surface area contributed by atoms with Gasteiger partial charge in [-0.15, -0.1) is 0 Å². The molecule has 0 heterocycles. The van der Waals surface area contributed by atoms with Gasteiger partial charge in [0.2, 0.25) is 0 Å². The smallest absolute Gasteiger partial charge is 0.0120 e. The molecule has 0 aliphatic heterocycles. The third-order valence-electron chi connectivity index (χ3n) is 2.91. The van der Waals surface area contributed by atoms with Crippen molar-refractivity contribution in [2.24, 2.45) is 0 Å². The van der Waals surface area contributed by atoms with Crippen molar-refractivity contribution < 1.29 is 0 Å². The van der Waals surface area contributed by atoms with Crippen LogP contribution in [0.25, 0.3) is 11.1 Å². The SMILES string of the molecule is Cc1[c]c(C)cc(-c2c(C)cccc2C)c1. The highest BCUT2D eigenvalue weighted by atomic mass is 14.1. The molecule has 2 aromatic carbocycles. The predicted molar refractivity (Wildman–Crippen MR) is 69.7 cm³/mol. The van der Waals surface area contributed by atoms with Crippen molar-refractivity contribution in [1.29, 1.82) is 0 Å². The molecule has 0 bridgehead atoms. The zero-order valence-corrected chi connectivity index (χ0v) is 10.4. The molecule has 0 nitrogen and oxygen atoms in total. The molecule has 0 saturated heterocycles. The second kappa shape index (κ2) is 4.13. The number of hydrogen-bond donors (Lipinski definition) is 0. The summed E-state index contributed by atoms with van der Waals surface area (Å²) in [6, 6.07) is 14.2. The van der Waals surface area contributed by atoms with Crippen molar-refractivity contribution in [2.75, 3.05) is 0 Å². The zero-order chi connectivity index (χ0) is 11.7. The van der Waals surface area contributed by atoms with E-state index in [0.29, 0.717) is 0 Å². The summed E-state index contributed by atoms with van der Waals surface area (Å²) in [5.41, 5.74) is 7.76. The number of rotatable bonds is 1. The minimum Gasteiger partial charge on any atom is -0.0617 e. The summed E-state index contributed by atoms with van der Waals surface area (Å²) in [6.07, 6.45) is 0. The summed E-state index contributed by atoms with van der Waals surface area (Å²) in [5, 5.41) is 0. The Labute approximate surface area is 97.9 Å². The van der Waals surface area contributed by atoms with E-state index in [-0.39, 0.29) is 0 Å². The van der Waals surface area contributed by atoms with Crippen molar-refractivity contribution in [1.82, 2.24) is 0 Å². The maximum absolute atomic E-state index is 3.32. The third kappa shape index (κ3) is 2.01. The molecule has 0 aromatic heterocycles. The zero-order valence-electron chi connectivity index (χ0n) is 10.4. The van der Waals surface area contributed by atoms with Crippen LogP contribution in [0.4, 0.5) is 0 Å². The summed E-state index contributed by atoms with van der Waals surface area (Å²) in [4.78, 5) is 0. The van der Waals surface area contributed by atoms with Gasteiger partial charge in [0.25, 0.3) is 0 Å². The standard InChI is InChI=1S/C16H17/c1-11-8-12(2)10-15(9-11)16-13(3)6-5-7-14(16)4/h5-7,9-10H,1-4H3. The summed E-state index contributed by atoms with van der Waals surface area (Å²) < 4.78 is 0. The van der Waals surface area contributed by atoms with E-state index in [1.807, 2.05) is 0 Å². The van der Waals surface area contributed by atoms with Crippen molar-refractivity contribution in [3.05, 3.63) is 58.7 Å². The van der Waals surface area contributed by atoms with Gasteiger partial charge in [0, 0.05) is 0 Å². The van der Waals surface area contributed by atoms with Crippen LogP contribution in [0, 0.1) is 33.8 Å². The molecule has 0 spiro atoms. The summed E-state index contributed by atoms with van der Waals surface area (Å²) in [7, 11) is 0. The summed E-state index contributed by atoms with van der Waals surface area (Å²) in [5.74, 6) is 0. The molecule has 0 N–H and O–H groups in total. The Hall–Kier alpha value is -1.56. The molecule has 0 aliphatic rings. The van der Waals surface area contributed by atoms with E-state index in [2.05, 4.69) is 64.1 Å². The van der Waals surface area contributed by atoms with Crippen LogP contribution in [-0.4, -0.2) is 0 Å². The highest BCUT2D eigenvalue weighted by Gasteiger charge is 2.05. The van der Waals surface area contributed by atoms with Gasteiger partial charge in [-0.25, -0.2) is 0 Å². The molecule has 0 fully saturated rings. The summed E-state index contributed by atoms with van der Waals surface area (Å²) in [6.45, 7) is 8.54. The van der Waals surface area contributed by atoms with Crippen molar-refractivity contribution in [2.45, 2.75) is 27.7 Å². The number of benzene rings is 2. The minimum atomic E-state index is 1.21. The van der Waals surface area contributed by atoms with Crippen LogP contribution in [0.2, 0.25) is 0 Å². The first-order valence-electron chi connectivity index (χ1n) is 5.65. The second-order valence-corrected chi connectivity index (χ2v) is 4.50. The maximum Gasteiger partial charge on any atom is -0.0120 e. The molecular weight excluding hydrogens is 192 g/mol. The predicted octanol–water partition coefficient (Wildman–Crippen LogP) is 4.39. The number of hydrogen-bond acceptors (Lipinski definition) is 0. The first-order valence-corrected chi connectivity index (χ1v) is 5.65. The lowest BCUT2D eigenvalue weighted by atomic mass is 9.93. The molecule has 1 radical (unpaired) electrons. The maximum atomic E-state index is 3.32. The fraction of sp³-hybridized carbons (Fsp3) is 0.250. The van der Waals surface area contributed by atoms with Gasteiger partial charge >= 0.3 is 0 Å². The normalized spacial score (nSPS) is 10.5. The van der Waals surface area contributed by atoms with E-state index in [4.69, 9.17) is 0 Å². The lowest BCUT2D eigenvalue weighted by molar-refractivity contribution is 1.33. The highest BCUT2D eigenvalue weighted by molar-refractivity contribution is 5.71. The fourth-order valence-corrected chi connectivity index (χ4v) is 2.31. The highest BCUT2D eigenvalue weighted by Crippen LogP contribution is 2.28. The van der Waals surface area contributed by atoms with E-state index in [0.717, 1.165) is 0 Å². The fourth-order valence-electron chi connectivity index (χ4n) is 2.31. The van der Waals surface area contributed by atoms with Crippen LogP contribution in [0.5, 0.6) is 0 Å². The Kier molecular flexibility index (Phi) is 2.82. The third-order valence-corrected chi connectivity index (χ3v) is 2.91. The van der Waals surface area contributed by atoms with Crippen LogP contribution in [0.15, 0.2) is 30.3 Å². The van der Waals surface area contributed by atoms with Crippen LogP contribution < -0.4 is 0 Å². The van der Waals surface area contributed by atoms with Crippen LogP contribution in [-0.2, 0) is 0 Å². The lowest BCUT2D eigenvalue weighted by Gasteiger charge is -2.11. The minimum absolute atomic E-state index is 1.21. The van der Waals surface area contributed by atoms with Crippen LogP contribution in [0.1, 0.15) is 22.3 Å². The van der Waals surface area contributed by atoms with E-state index in [1.165, 1.54) is 33.4 Å². The molecule has 2 aromatic rings. The van der Waals surface area contributed by atoms with E-state index in [1.54, 1.807) is 0 Å². The van der Waals surface area contributed by atoms with Gasteiger partial charge in [0.05, 0.1) is 0 Å². The Balaban J connectivity index is 2.67. The lowest BCUT2D eigenvalue weighted by Crippen LogP contribution is -1.89. The van der Waals surface area contributed by atoms with Crippen molar-refractivity contribution in [3.63, 3.8) is 0 Å². The topological polar surface area (TPSA) is 0 Å². The molecule has 0 atom stereocenters. The van der Waals surface area contributed by atoms with E-state index < -0.39 is 0 Å². The van der Waals surface area contributed by atoms with Gasteiger partial charge in [-0.05, 0) is 67.1 Å². The van der Waals surface area contributed by atoms with Gasteiger partial charge in [0.15, 0.2) is 0 Å². The average molecular weight is 209 g/mol. The molecule has 81 valence electrons. The average Bonchev–Trinajstić information content (AvgIpc) is 2.15. The van der Waals surface area contributed by atoms with Gasteiger partial charge < -0.3 is 0 Å². The van der Waals surface area contributed by atoms with Gasteiger partial charge in [0.1, 0.15) is 0 Å². The molecule has 0 amide bonds. The quantitative estimate of drug-likeness (QED) is 0.653. The van der Waals surface area contributed by atoms with Crippen molar-refractivity contribution >= 4 is 0 Å². The molecule has 0 heteroatoms. The van der Waals surface area contributed by atoms with Gasteiger partial charge in [-0.1, -0.05) is 30.3 Å². The Morgan fingerprint density at radius 2 is 1.31 bits per heavy atom. The molecular formula is C16H17. The molecule has 0 aliphatic carbocycles. The molecule has 0 saturated carbocycles. The monoisotopic (exact) mass is 209 g/mol. The molecule has 16 heavy (non-hydrogen) atoms. The largest absolute Gasteiger partial charge is 0.0617 e. The molecule has 2 rings (SSSR count). The first-order chi connectivity index (χ1) is 7.58. The Morgan fingerprint density at radius 3 is 1.81 bits per heavy atom. The Morgan fingerprint density at radius 1 is 0.812 bits per heavy atom. The van der Waals surface area contributed by atoms with Crippen LogP contribution in [0.3, 0.4) is 0 Å². The summed E-state index contributed by atoms with van der Waals surface area (Å²) >= 11 is 0. The van der Waals surface area contributed by atoms with Crippen molar-refractivity contribution in [3.8, 4) is 11.1 Å². The molecule has 0 unspecified atom stereocenters. The van der Waals surface area contributed by atoms with Gasteiger partial charge in [-0.2, -0.15) is 0 Å². The van der Waals surface area contributed by atoms with E-state index >= 15 is 0 Å². The number of aryl methyl sites for hydroxylation is 4. The Bertz CT molecular complexity index is 481. The van der Waals surface area contributed by atoms with Gasteiger partial charge in [-0.3, -0.25) is 0 Å². The van der Waals surface area contributed by atoms with Crippen LogP contribution >= 0.6 is 0 Å². The second-order valence-electron chi connectivity index (χ2n) is 4.50.